The molecule has 0 spiro atoms. The molecule has 0 radical (unpaired) electrons. The summed E-state index contributed by atoms with van der Waals surface area (Å²) in [7, 11) is 0. The molecule has 1 aromatic heterocycles. The van der Waals surface area contributed by atoms with E-state index < -0.39 is 0 Å². The van der Waals surface area contributed by atoms with Gasteiger partial charge >= 0.3 is 0 Å². The molecule has 0 bridgehead atoms. The van der Waals surface area contributed by atoms with Crippen LogP contribution in [0.2, 0.25) is 0 Å². The number of rotatable bonds is 1. The first-order chi connectivity index (χ1) is 9.22. The lowest BCUT2D eigenvalue weighted by atomic mass is 9.80. The van der Waals surface area contributed by atoms with Crippen molar-refractivity contribution in [3.8, 4) is 6.07 Å². The lowest BCUT2D eigenvalue weighted by Crippen LogP contribution is -2.22. The summed E-state index contributed by atoms with van der Waals surface area (Å²) in [5.74, 6) is 1.32. The van der Waals surface area contributed by atoms with Crippen molar-refractivity contribution in [2.45, 2.75) is 38.5 Å². The Morgan fingerprint density at radius 1 is 1.42 bits per heavy atom. The van der Waals surface area contributed by atoms with Crippen molar-refractivity contribution in [2.24, 2.45) is 5.73 Å². The predicted molar refractivity (Wildman–Crippen MR) is 75.2 cm³/mol. The molecule has 0 unspecified atom stereocenters. The zero-order valence-corrected chi connectivity index (χ0v) is 11.7. The molecule has 3 rings (SSSR count). The van der Waals surface area contributed by atoms with Crippen LogP contribution in [0.25, 0.3) is 0 Å². The van der Waals surface area contributed by atoms with Crippen LogP contribution in [0.5, 0.6) is 0 Å². The SMILES string of the molecule is Cc1ccsc1[C@H]1C(C#N)=C(N)OC2=C1CCCC2. The van der Waals surface area contributed by atoms with Crippen LogP contribution in [0.1, 0.15) is 42.0 Å². The van der Waals surface area contributed by atoms with E-state index in [1.54, 1.807) is 11.3 Å². The molecule has 0 amide bonds. The second-order valence-electron chi connectivity index (χ2n) is 5.05. The van der Waals surface area contributed by atoms with Crippen LogP contribution >= 0.6 is 11.3 Å². The highest BCUT2D eigenvalue weighted by Gasteiger charge is 2.34. The van der Waals surface area contributed by atoms with Crippen LogP contribution in [-0.2, 0) is 4.74 Å². The summed E-state index contributed by atoms with van der Waals surface area (Å²) in [6, 6.07) is 4.36. The first kappa shape index (κ1) is 12.3. The smallest absolute Gasteiger partial charge is 0.205 e. The molecule has 0 saturated heterocycles. The van der Waals surface area contributed by atoms with Gasteiger partial charge in [0, 0.05) is 11.3 Å². The van der Waals surface area contributed by atoms with Crippen LogP contribution < -0.4 is 5.73 Å². The lowest BCUT2D eigenvalue weighted by molar-refractivity contribution is 0.251. The molecule has 3 nitrogen and oxygen atoms in total. The average molecular weight is 272 g/mol. The first-order valence-electron chi connectivity index (χ1n) is 6.56. The maximum Gasteiger partial charge on any atom is 0.205 e. The van der Waals surface area contributed by atoms with E-state index in [1.807, 2.05) is 0 Å². The second kappa shape index (κ2) is 4.75. The Labute approximate surface area is 117 Å². The van der Waals surface area contributed by atoms with Gasteiger partial charge in [0.1, 0.15) is 17.4 Å². The van der Waals surface area contributed by atoms with Crippen molar-refractivity contribution < 1.29 is 4.74 Å². The largest absolute Gasteiger partial charge is 0.445 e. The molecular weight excluding hydrogens is 256 g/mol. The van der Waals surface area contributed by atoms with Crippen molar-refractivity contribution in [3.63, 3.8) is 0 Å². The van der Waals surface area contributed by atoms with E-state index in [1.165, 1.54) is 22.4 Å². The van der Waals surface area contributed by atoms with E-state index in [0.29, 0.717) is 11.5 Å². The van der Waals surface area contributed by atoms with Gasteiger partial charge in [0.05, 0.1) is 5.92 Å². The molecule has 2 heterocycles. The molecule has 19 heavy (non-hydrogen) atoms. The number of nitriles is 1. The van der Waals surface area contributed by atoms with E-state index in [4.69, 9.17) is 10.5 Å². The summed E-state index contributed by atoms with van der Waals surface area (Å²) in [5, 5.41) is 11.5. The van der Waals surface area contributed by atoms with Crippen LogP contribution in [0.4, 0.5) is 0 Å². The third-order valence-electron chi connectivity index (χ3n) is 3.88. The van der Waals surface area contributed by atoms with Gasteiger partial charge in [-0.3, -0.25) is 0 Å². The molecule has 2 aliphatic rings. The lowest BCUT2D eigenvalue weighted by Gasteiger charge is -2.31. The molecule has 1 atom stereocenters. The Balaban J connectivity index is 2.15. The van der Waals surface area contributed by atoms with Crippen LogP contribution in [0.15, 0.2) is 34.2 Å². The molecule has 4 heteroatoms. The summed E-state index contributed by atoms with van der Waals surface area (Å²) in [5.41, 5.74) is 9.02. The minimum Gasteiger partial charge on any atom is -0.445 e. The maximum atomic E-state index is 9.43. The van der Waals surface area contributed by atoms with E-state index in [2.05, 4.69) is 24.4 Å². The van der Waals surface area contributed by atoms with Gasteiger partial charge in [-0.05, 0) is 48.8 Å². The van der Waals surface area contributed by atoms with Gasteiger partial charge < -0.3 is 10.5 Å². The van der Waals surface area contributed by atoms with E-state index in [9.17, 15) is 5.26 Å². The van der Waals surface area contributed by atoms with Crippen molar-refractivity contribution >= 4 is 11.3 Å². The Bertz CT molecular complexity index is 618. The van der Waals surface area contributed by atoms with Gasteiger partial charge in [-0.2, -0.15) is 5.26 Å². The fourth-order valence-corrected chi connectivity index (χ4v) is 3.99. The normalized spacial score (nSPS) is 22.8. The third-order valence-corrected chi connectivity index (χ3v) is 4.96. The number of hydrogen-bond acceptors (Lipinski definition) is 4. The molecule has 1 aromatic rings. The summed E-state index contributed by atoms with van der Waals surface area (Å²) in [4.78, 5) is 1.23. The highest BCUT2D eigenvalue weighted by atomic mass is 32.1. The van der Waals surface area contributed by atoms with Gasteiger partial charge in [-0.15, -0.1) is 11.3 Å². The van der Waals surface area contributed by atoms with Crippen molar-refractivity contribution in [1.29, 1.82) is 5.26 Å². The number of aryl methyl sites for hydroxylation is 1. The fourth-order valence-electron chi connectivity index (χ4n) is 2.92. The highest BCUT2D eigenvalue weighted by molar-refractivity contribution is 7.10. The van der Waals surface area contributed by atoms with E-state index in [-0.39, 0.29) is 5.92 Å². The summed E-state index contributed by atoms with van der Waals surface area (Å²) in [6.07, 6.45) is 4.26. The van der Waals surface area contributed by atoms with Gasteiger partial charge in [-0.25, -0.2) is 0 Å². The Kier molecular flexibility index (Phi) is 3.08. The molecule has 2 N–H and O–H groups in total. The van der Waals surface area contributed by atoms with Crippen molar-refractivity contribution in [2.75, 3.05) is 0 Å². The second-order valence-corrected chi connectivity index (χ2v) is 6.00. The van der Waals surface area contributed by atoms with Crippen LogP contribution in [-0.4, -0.2) is 0 Å². The van der Waals surface area contributed by atoms with Gasteiger partial charge in [-0.1, -0.05) is 0 Å². The highest BCUT2D eigenvalue weighted by Crippen LogP contribution is 2.46. The van der Waals surface area contributed by atoms with Gasteiger partial charge in [0.25, 0.3) is 0 Å². The summed E-state index contributed by atoms with van der Waals surface area (Å²) < 4.78 is 5.68. The number of nitrogens with two attached hydrogens (primary N) is 1. The predicted octanol–water partition coefficient (Wildman–Crippen LogP) is 3.69. The fraction of sp³-hybridized carbons (Fsp3) is 0.400. The standard InChI is InChI=1S/C15H16N2OS/c1-9-6-7-19-14(9)13-10-4-2-3-5-12(10)18-15(17)11(13)8-16/h6-7,13H,2-5,17H2,1H3/t13-/m1/s1. The van der Waals surface area contributed by atoms with Crippen molar-refractivity contribution in [1.82, 2.24) is 0 Å². The molecular formula is C15H16N2OS. The van der Waals surface area contributed by atoms with Gasteiger partial charge in [0.2, 0.25) is 5.88 Å². The monoisotopic (exact) mass is 272 g/mol. The summed E-state index contributed by atoms with van der Waals surface area (Å²) in [6.45, 7) is 2.09. The maximum absolute atomic E-state index is 9.43. The number of ether oxygens (including phenoxy) is 1. The molecule has 0 saturated carbocycles. The minimum atomic E-state index is 0.0223. The molecule has 98 valence electrons. The third kappa shape index (κ3) is 1.95. The van der Waals surface area contributed by atoms with E-state index in [0.717, 1.165) is 25.0 Å². The molecule has 0 fully saturated rings. The Hall–Kier alpha value is -1.73. The number of thiophene rings is 1. The van der Waals surface area contributed by atoms with Crippen LogP contribution in [0, 0.1) is 18.3 Å². The Morgan fingerprint density at radius 3 is 2.89 bits per heavy atom. The zero-order valence-electron chi connectivity index (χ0n) is 10.9. The topological polar surface area (TPSA) is 59.0 Å². The summed E-state index contributed by atoms with van der Waals surface area (Å²) >= 11 is 1.70. The minimum absolute atomic E-state index is 0.0223. The van der Waals surface area contributed by atoms with E-state index >= 15 is 0 Å². The molecule has 1 aliphatic heterocycles. The quantitative estimate of drug-likeness (QED) is 0.848. The zero-order chi connectivity index (χ0) is 13.4. The number of hydrogen-bond donors (Lipinski definition) is 1. The Morgan fingerprint density at radius 2 is 2.21 bits per heavy atom. The van der Waals surface area contributed by atoms with Gasteiger partial charge in [0.15, 0.2) is 0 Å². The molecule has 0 aromatic carbocycles. The average Bonchev–Trinajstić information content (AvgIpc) is 2.83. The number of allylic oxidation sites excluding steroid dienone is 3. The first-order valence-corrected chi connectivity index (χ1v) is 7.44. The molecule has 1 aliphatic carbocycles. The van der Waals surface area contributed by atoms with Crippen LogP contribution in [0.3, 0.4) is 0 Å². The number of nitrogens with zero attached hydrogens (tertiary/aromatic N) is 1. The van der Waals surface area contributed by atoms with Crippen molar-refractivity contribution in [3.05, 3.63) is 44.7 Å².